The molecule has 1 aliphatic heterocycles. The molecule has 3 nitrogen and oxygen atoms in total. The minimum atomic E-state index is 0.149. The summed E-state index contributed by atoms with van der Waals surface area (Å²) in [5, 5.41) is 4.73. The van der Waals surface area contributed by atoms with Crippen LogP contribution in [-0.2, 0) is 12.0 Å². The van der Waals surface area contributed by atoms with E-state index in [9.17, 15) is 0 Å². The lowest BCUT2D eigenvalue weighted by molar-refractivity contribution is 0.239. The molecular weight excluding hydrogens is 222 g/mol. The normalized spacial score (nSPS) is 30.0. The van der Waals surface area contributed by atoms with Gasteiger partial charge in [0, 0.05) is 30.2 Å². The van der Waals surface area contributed by atoms with Gasteiger partial charge in [0.05, 0.1) is 5.69 Å². The van der Waals surface area contributed by atoms with Gasteiger partial charge in [-0.25, -0.2) is 0 Å². The van der Waals surface area contributed by atoms with E-state index in [1.807, 2.05) is 0 Å². The maximum absolute atomic E-state index is 4.73. The maximum Gasteiger partial charge on any atom is 0.0677 e. The Balaban J connectivity index is 2.05. The molecule has 18 heavy (non-hydrogen) atoms. The number of hydrogen-bond acceptors (Lipinski definition) is 2. The van der Waals surface area contributed by atoms with E-state index in [4.69, 9.17) is 5.10 Å². The fraction of sp³-hybridized carbons (Fsp3) is 0.800. The molecule has 1 aromatic heterocycles. The van der Waals surface area contributed by atoms with Crippen LogP contribution in [0.25, 0.3) is 0 Å². The number of aromatic nitrogens is 2. The molecule has 2 unspecified atom stereocenters. The fourth-order valence-electron chi connectivity index (χ4n) is 2.87. The van der Waals surface area contributed by atoms with Crippen LogP contribution in [0.15, 0.2) is 12.3 Å². The van der Waals surface area contributed by atoms with Gasteiger partial charge in [0.25, 0.3) is 0 Å². The van der Waals surface area contributed by atoms with Crippen molar-refractivity contribution in [2.45, 2.75) is 65.1 Å². The van der Waals surface area contributed by atoms with E-state index in [1.54, 1.807) is 0 Å². The van der Waals surface area contributed by atoms with Gasteiger partial charge in [-0.3, -0.25) is 4.68 Å². The van der Waals surface area contributed by atoms with Crippen molar-refractivity contribution in [3.8, 4) is 0 Å². The first-order chi connectivity index (χ1) is 8.29. The Bertz CT molecular complexity index is 402. The van der Waals surface area contributed by atoms with Crippen LogP contribution in [0.3, 0.4) is 0 Å². The predicted octanol–water partition coefficient (Wildman–Crippen LogP) is 2.91. The molecule has 1 aromatic rings. The van der Waals surface area contributed by atoms with Gasteiger partial charge in [-0.2, -0.15) is 5.10 Å². The standard InChI is InChI=1S/C15H27N3/c1-11-9-13(12(2)17(11)6)10-18-8-7-14(16-18)15(3,4)5/h7-8,11-13H,9-10H2,1-6H3/t11?,12-,13?/m1/s1. The third kappa shape index (κ3) is 2.61. The summed E-state index contributed by atoms with van der Waals surface area (Å²) in [4.78, 5) is 2.48. The number of hydrogen-bond donors (Lipinski definition) is 0. The first-order valence-electron chi connectivity index (χ1n) is 7.05. The van der Waals surface area contributed by atoms with Crippen molar-refractivity contribution in [1.82, 2.24) is 14.7 Å². The predicted molar refractivity (Wildman–Crippen MR) is 75.7 cm³/mol. The van der Waals surface area contributed by atoms with Gasteiger partial charge in [0.2, 0.25) is 0 Å². The van der Waals surface area contributed by atoms with Crippen LogP contribution in [0, 0.1) is 5.92 Å². The van der Waals surface area contributed by atoms with Crippen molar-refractivity contribution < 1.29 is 0 Å². The lowest BCUT2D eigenvalue weighted by Crippen LogP contribution is -2.31. The van der Waals surface area contributed by atoms with Gasteiger partial charge < -0.3 is 4.90 Å². The molecule has 1 saturated heterocycles. The molecule has 0 radical (unpaired) electrons. The number of rotatable bonds is 2. The summed E-state index contributed by atoms with van der Waals surface area (Å²) in [5.41, 5.74) is 1.34. The van der Waals surface area contributed by atoms with Crippen molar-refractivity contribution in [2.75, 3.05) is 7.05 Å². The maximum atomic E-state index is 4.73. The second kappa shape index (κ2) is 4.69. The molecule has 0 bridgehead atoms. The van der Waals surface area contributed by atoms with Crippen LogP contribution in [0.5, 0.6) is 0 Å². The Hall–Kier alpha value is -0.830. The summed E-state index contributed by atoms with van der Waals surface area (Å²) >= 11 is 0. The summed E-state index contributed by atoms with van der Waals surface area (Å²) in [6.07, 6.45) is 3.42. The van der Waals surface area contributed by atoms with Crippen molar-refractivity contribution in [3.05, 3.63) is 18.0 Å². The first kappa shape index (κ1) is 13.6. The van der Waals surface area contributed by atoms with Crippen molar-refractivity contribution in [2.24, 2.45) is 5.92 Å². The third-order valence-electron chi connectivity index (χ3n) is 4.49. The highest BCUT2D eigenvalue weighted by molar-refractivity contribution is 5.10. The third-order valence-corrected chi connectivity index (χ3v) is 4.49. The SMILES string of the molecule is CC1CC(Cn2ccc(C(C)(C)C)n2)[C@@H](C)N1C. The molecule has 0 aromatic carbocycles. The molecule has 0 amide bonds. The minimum absolute atomic E-state index is 0.149. The van der Waals surface area contributed by atoms with E-state index in [2.05, 4.69) is 63.5 Å². The molecule has 0 aliphatic carbocycles. The van der Waals surface area contributed by atoms with Gasteiger partial charge in [-0.15, -0.1) is 0 Å². The second-order valence-electron chi connectivity index (χ2n) is 6.92. The van der Waals surface area contributed by atoms with Crippen LogP contribution in [-0.4, -0.2) is 33.8 Å². The van der Waals surface area contributed by atoms with Crippen molar-refractivity contribution >= 4 is 0 Å². The Kier molecular flexibility index (Phi) is 3.54. The first-order valence-corrected chi connectivity index (χ1v) is 7.05. The number of likely N-dealkylation sites (tertiary alicyclic amines) is 1. The molecule has 1 fully saturated rings. The number of nitrogens with zero attached hydrogens (tertiary/aromatic N) is 3. The van der Waals surface area contributed by atoms with E-state index in [0.717, 1.165) is 12.5 Å². The molecule has 1 aliphatic rings. The highest BCUT2D eigenvalue weighted by Gasteiger charge is 2.33. The van der Waals surface area contributed by atoms with Gasteiger partial charge in [-0.05, 0) is 39.3 Å². The Morgan fingerprint density at radius 3 is 2.44 bits per heavy atom. The lowest BCUT2D eigenvalue weighted by atomic mass is 9.93. The Morgan fingerprint density at radius 1 is 1.33 bits per heavy atom. The molecular formula is C15H27N3. The van der Waals surface area contributed by atoms with Crippen LogP contribution in [0.1, 0.15) is 46.7 Å². The quantitative estimate of drug-likeness (QED) is 0.803. The minimum Gasteiger partial charge on any atom is -0.301 e. The highest BCUT2D eigenvalue weighted by Crippen LogP contribution is 2.29. The zero-order valence-corrected chi connectivity index (χ0v) is 12.6. The van der Waals surface area contributed by atoms with Crippen LogP contribution in [0.2, 0.25) is 0 Å². The fourth-order valence-corrected chi connectivity index (χ4v) is 2.87. The van der Waals surface area contributed by atoms with Gasteiger partial charge in [0.15, 0.2) is 0 Å². The summed E-state index contributed by atoms with van der Waals surface area (Å²) in [6.45, 7) is 12.4. The Morgan fingerprint density at radius 2 is 2.00 bits per heavy atom. The summed E-state index contributed by atoms with van der Waals surface area (Å²) < 4.78 is 2.13. The Labute approximate surface area is 111 Å². The summed E-state index contributed by atoms with van der Waals surface area (Å²) in [6, 6.07) is 3.51. The topological polar surface area (TPSA) is 21.1 Å². The molecule has 0 N–H and O–H groups in total. The van der Waals surface area contributed by atoms with Gasteiger partial charge in [-0.1, -0.05) is 20.8 Å². The zero-order chi connectivity index (χ0) is 13.5. The van der Waals surface area contributed by atoms with Crippen LogP contribution < -0.4 is 0 Å². The lowest BCUT2D eigenvalue weighted by Gasteiger charge is -2.22. The largest absolute Gasteiger partial charge is 0.301 e. The van der Waals surface area contributed by atoms with Crippen LogP contribution >= 0.6 is 0 Å². The van der Waals surface area contributed by atoms with E-state index < -0.39 is 0 Å². The van der Waals surface area contributed by atoms with Crippen molar-refractivity contribution in [3.63, 3.8) is 0 Å². The van der Waals surface area contributed by atoms with Gasteiger partial charge in [0.1, 0.15) is 0 Å². The van der Waals surface area contributed by atoms with E-state index in [0.29, 0.717) is 12.1 Å². The summed E-state index contributed by atoms with van der Waals surface area (Å²) in [7, 11) is 2.24. The van der Waals surface area contributed by atoms with E-state index in [-0.39, 0.29) is 5.41 Å². The highest BCUT2D eigenvalue weighted by atomic mass is 15.3. The molecule has 3 atom stereocenters. The van der Waals surface area contributed by atoms with Gasteiger partial charge >= 0.3 is 0 Å². The molecule has 102 valence electrons. The average Bonchev–Trinajstić information content (AvgIpc) is 2.81. The molecule has 2 heterocycles. The van der Waals surface area contributed by atoms with E-state index >= 15 is 0 Å². The zero-order valence-electron chi connectivity index (χ0n) is 12.6. The molecule has 0 spiro atoms. The smallest absolute Gasteiger partial charge is 0.0677 e. The average molecular weight is 249 g/mol. The molecule has 2 rings (SSSR count). The summed E-state index contributed by atoms with van der Waals surface area (Å²) in [5.74, 6) is 0.720. The van der Waals surface area contributed by atoms with E-state index in [1.165, 1.54) is 12.1 Å². The molecule has 0 saturated carbocycles. The monoisotopic (exact) mass is 249 g/mol. The molecule has 3 heteroatoms. The second-order valence-corrected chi connectivity index (χ2v) is 6.92. The van der Waals surface area contributed by atoms with Crippen LogP contribution in [0.4, 0.5) is 0 Å². The van der Waals surface area contributed by atoms with Crippen molar-refractivity contribution in [1.29, 1.82) is 0 Å².